The Labute approximate surface area is 112 Å². The topological polar surface area (TPSA) is 66.4 Å². The second-order valence-corrected chi connectivity index (χ2v) is 5.68. The molecule has 0 radical (unpaired) electrons. The minimum Gasteiger partial charge on any atom is -0.481 e. The Balaban J connectivity index is 2.30. The predicted octanol–water partition coefficient (Wildman–Crippen LogP) is 1.50. The number of carbonyl (C=O) groups is 2. The predicted molar refractivity (Wildman–Crippen MR) is 72.3 cm³/mol. The van der Waals surface area contributed by atoms with Crippen molar-refractivity contribution in [2.75, 3.05) is 18.1 Å². The van der Waals surface area contributed by atoms with Crippen molar-refractivity contribution in [1.29, 1.82) is 0 Å². The third kappa shape index (κ3) is 4.26. The molecule has 0 aromatic carbocycles. The number of amides is 1. The van der Waals surface area contributed by atoms with Crippen LogP contribution in [-0.4, -0.2) is 35.0 Å². The highest BCUT2D eigenvalue weighted by Crippen LogP contribution is 2.41. The van der Waals surface area contributed by atoms with Crippen molar-refractivity contribution in [3.8, 4) is 12.3 Å². The number of carbonyl (C=O) groups excluding carboxylic acids is 1. The molecular formula is C13H19NO3S. The van der Waals surface area contributed by atoms with E-state index in [9.17, 15) is 14.7 Å². The zero-order valence-electron chi connectivity index (χ0n) is 10.4. The van der Waals surface area contributed by atoms with Crippen LogP contribution in [0.1, 0.15) is 32.1 Å². The van der Waals surface area contributed by atoms with Gasteiger partial charge in [-0.3, -0.25) is 9.59 Å². The standard InChI is InChI=1S/C13H19NO3S/c1-2-8-18-9-7-14-11(15)10-13(12(16)17)5-3-4-6-13/h1H,3-10H2,(H,14,15)(H,16,17). The zero-order chi connectivity index (χ0) is 13.4. The highest BCUT2D eigenvalue weighted by atomic mass is 32.2. The number of hydrogen-bond acceptors (Lipinski definition) is 3. The number of hydrogen-bond donors (Lipinski definition) is 2. The van der Waals surface area contributed by atoms with Crippen LogP contribution in [0.5, 0.6) is 0 Å². The van der Waals surface area contributed by atoms with Crippen LogP contribution in [0.4, 0.5) is 0 Å². The molecule has 2 N–H and O–H groups in total. The number of aliphatic carboxylic acids is 1. The van der Waals surface area contributed by atoms with Crippen molar-refractivity contribution < 1.29 is 14.7 Å². The molecule has 0 unspecified atom stereocenters. The van der Waals surface area contributed by atoms with Crippen LogP contribution in [0, 0.1) is 17.8 Å². The third-order valence-corrected chi connectivity index (χ3v) is 4.13. The molecule has 18 heavy (non-hydrogen) atoms. The molecule has 0 bridgehead atoms. The summed E-state index contributed by atoms with van der Waals surface area (Å²) in [5, 5.41) is 12.0. The number of nitrogens with one attached hydrogen (secondary N) is 1. The number of terminal acetylenes is 1. The van der Waals surface area contributed by atoms with Gasteiger partial charge in [0.2, 0.25) is 5.91 Å². The van der Waals surface area contributed by atoms with E-state index in [0.29, 0.717) is 25.1 Å². The van der Waals surface area contributed by atoms with E-state index in [4.69, 9.17) is 6.42 Å². The maximum atomic E-state index is 11.7. The van der Waals surface area contributed by atoms with E-state index in [1.165, 1.54) is 0 Å². The Morgan fingerprint density at radius 3 is 2.61 bits per heavy atom. The molecule has 0 aliphatic heterocycles. The van der Waals surface area contributed by atoms with Crippen LogP contribution in [0.2, 0.25) is 0 Å². The Morgan fingerprint density at radius 1 is 1.39 bits per heavy atom. The first-order chi connectivity index (χ1) is 8.60. The summed E-state index contributed by atoms with van der Waals surface area (Å²) in [7, 11) is 0. The molecule has 1 saturated carbocycles. The van der Waals surface area contributed by atoms with Crippen LogP contribution in [0.3, 0.4) is 0 Å². The third-order valence-electron chi connectivity index (χ3n) is 3.27. The van der Waals surface area contributed by atoms with Gasteiger partial charge in [-0.25, -0.2) is 0 Å². The summed E-state index contributed by atoms with van der Waals surface area (Å²) in [4.78, 5) is 23.0. The normalized spacial score (nSPS) is 17.1. The SMILES string of the molecule is C#CCSCCNC(=O)CC1(C(=O)O)CCCC1. The van der Waals surface area contributed by atoms with Crippen molar-refractivity contribution in [3.05, 3.63) is 0 Å². The molecule has 1 aliphatic carbocycles. The molecule has 100 valence electrons. The molecule has 1 fully saturated rings. The van der Waals surface area contributed by atoms with Gasteiger partial charge in [-0.05, 0) is 12.8 Å². The van der Waals surface area contributed by atoms with Gasteiger partial charge in [0.1, 0.15) is 0 Å². The monoisotopic (exact) mass is 269 g/mol. The van der Waals surface area contributed by atoms with Crippen LogP contribution in [0.15, 0.2) is 0 Å². The highest BCUT2D eigenvalue weighted by Gasteiger charge is 2.42. The van der Waals surface area contributed by atoms with Gasteiger partial charge in [-0.2, -0.15) is 0 Å². The largest absolute Gasteiger partial charge is 0.481 e. The fourth-order valence-corrected chi connectivity index (χ4v) is 2.79. The molecular weight excluding hydrogens is 250 g/mol. The lowest BCUT2D eigenvalue weighted by molar-refractivity contribution is -0.151. The van der Waals surface area contributed by atoms with Crippen molar-refractivity contribution in [3.63, 3.8) is 0 Å². The van der Waals surface area contributed by atoms with Crippen LogP contribution in [-0.2, 0) is 9.59 Å². The van der Waals surface area contributed by atoms with Gasteiger partial charge in [0.15, 0.2) is 0 Å². The zero-order valence-corrected chi connectivity index (χ0v) is 11.2. The highest BCUT2D eigenvalue weighted by molar-refractivity contribution is 7.99. The van der Waals surface area contributed by atoms with Crippen LogP contribution in [0.25, 0.3) is 0 Å². The van der Waals surface area contributed by atoms with Crippen molar-refractivity contribution in [1.82, 2.24) is 5.32 Å². The van der Waals surface area contributed by atoms with Crippen molar-refractivity contribution in [2.24, 2.45) is 5.41 Å². The molecule has 0 heterocycles. The van der Waals surface area contributed by atoms with E-state index < -0.39 is 11.4 Å². The number of rotatable bonds is 7. The van der Waals surface area contributed by atoms with Crippen molar-refractivity contribution in [2.45, 2.75) is 32.1 Å². The maximum Gasteiger partial charge on any atom is 0.310 e. The quantitative estimate of drug-likeness (QED) is 0.543. The van der Waals surface area contributed by atoms with E-state index in [2.05, 4.69) is 11.2 Å². The lowest BCUT2D eigenvalue weighted by Crippen LogP contribution is -2.36. The average Bonchev–Trinajstić information content (AvgIpc) is 2.78. The molecule has 0 aromatic heterocycles. The molecule has 1 aliphatic rings. The summed E-state index contributed by atoms with van der Waals surface area (Å²) in [6.45, 7) is 0.543. The second-order valence-electron chi connectivity index (χ2n) is 4.58. The van der Waals surface area contributed by atoms with Gasteiger partial charge in [0.05, 0.1) is 11.2 Å². The molecule has 0 aromatic rings. The summed E-state index contributed by atoms with van der Waals surface area (Å²) >= 11 is 1.58. The van der Waals surface area contributed by atoms with E-state index in [-0.39, 0.29) is 12.3 Å². The summed E-state index contributed by atoms with van der Waals surface area (Å²) in [5.41, 5.74) is -0.823. The Hall–Kier alpha value is -1.15. The molecule has 1 amide bonds. The number of carboxylic acid groups (broad SMARTS) is 1. The van der Waals surface area contributed by atoms with Gasteiger partial charge in [-0.15, -0.1) is 18.2 Å². The molecule has 0 atom stereocenters. The van der Waals surface area contributed by atoms with Gasteiger partial charge >= 0.3 is 5.97 Å². The lowest BCUT2D eigenvalue weighted by atomic mass is 9.82. The Kier molecular flexibility index (Phi) is 6.06. The molecule has 1 rings (SSSR count). The summed E-state index contributed by atoms with van der Waals surface area (Å²) in [6.07, 6.45) is 8.23. The van der Waals surface area contributed by atoms with Gasteiger partial charge < -0.3 is 10.4 Å². The van der Waals surface area contributed by atoms with Gasteiger partial charge in [-0.1, -0.05) is 18.8 Å². The minimum absolute atomic E-state index is 0.0993. The van der Waals surface area contributed by atoms with E-state index in [0.717, 1.165) is 18.6 Å². The first-order valence-electron chi connectivity index (χ1n) is 6.12. The van der Waals surface area contributed by atoms with Crippen molar-refractivity contribution >= 4 is 23.6 Å². The number of thioether (sulfide) groups is 1. The van der Waals surface area contributed by atoms with Gasteiger partial charge in [0, 0.05) is 18.7 Å². The number of carboxylic acids is 1. The maximum absolute atomic E-state index is 11.7. The minimum atomic E-state index is -0.836. The summed E-state index contributed by atoms with van der Waals surface area (Å²) in [6, 6.07) is 0. The Morgan fingerprint density at radius 2 is 2.06 bits per heavy atom. The average molecular weight is 269 g/mol. The lowest BCUT2D eigenvalue weighted by Gasteiger charge is -2.22. The molecule has 4 nitrogen and oxygen atoms in total. The molecule has 0 spiro atoms. The summed E-state index contributed by atoms with van der Waals surface area (Å²) in [5.74, 6) is 2.90. The Bertz CT molecular complexity index is 343. The second kappa shape index (κ2) is 7.32. The molecule has 5 heteroatoms. The first-order valence-corrected chi connectivity index (χ1v) is 7.27. The summed E-state index contributed by atoms with van der Waals surface area (Å²) < 4.78 is 0. The fraction of sp³-hybridized carbons (Fsp3) is 0.692. The van der Waals surface area contributed by atoms with E-state index in [1.807, 2.05) is 0 Å². The molecule has 0 saturated heterocycles. The van der Waals surface area contributed by atoms with E-state index in [1.54, 1.807) is 11.8 Å². The smallest absolute Gasteiger partial charge is 0.310 e. The van der Waals surface area contributed by atoms with Crippen LogP contribution >= 0.6 is 11.8 Å². The van der Waals surface area contributed by atoms with Gasteiger partial charge in [0.25, 0.3) is 0 Å². The van der Waals surface area contributed by atoms with Crippen LogP contribution < -0.4 is 5.32 Å². The fourth-order valence-electron chi connectivity index (χ4n) is 2.28. The first kappa shape index (κ1) is 14.9. The van der Waals surface area contributed by atoms with E-state index >= 15 is 0 Å².